The van der Waals surface area contributed by atoms with Crippen molar-refractivity contribution < 1.29 is 9.31 Å². The largest absolute Gasteiger partial charge is 0.441 e. The van der Waals surface area contributed by atoms with Crippen molar-refractivity contribution in [3.8, 4) is 0 Å². The van der Waals surface area contributed by atoms with Crippen LogP contribution in [0.4, 0.5) is 0 Å². The van der Waals surface area contributed by atoms with E-state index in [0.717, 1.165) is 6.54 Å². The Hall–Kier alpha value is -0.530. The molecule has 0 aromatic carbocycles. The predicted molar refractivity (Wildman–Crippen MR) is 27.7 cm³/mol. The first kappa shape index (κ1) is 4.62. The number of rotatable bonds is 0. The van der Waals surface area contributed by atoms with Gasteiger partial charge in [-0.3, -0.25) is 0 Å². The third-order valence-corrected chi connectivity index (χ3v) is 1.02. The second-order valence-electron chi connectivity index (χ2n) is 1.99. The SMILES string of the molecule is CC1C[N+](C)=CO1. The van der Waals surface area contributed by atoms with E-state index < -0.39 is 0 Å². The molecule has 1 rings (SSSR count). The molecule has 40 valence electrons. The van der Waals surface area contributed by atoms with Crippen molar-refractivity contribution in [2.45, 2.75) is 13.0 Å². The summed E-state index contributed by atoms with van der Waals surface area (Å²) < 4.78 is 7.10. The first-order chi connectivity index (χ1) is 3.29. The van der Waals surface area contributed by atoms with Gasteiger partial charge in [0.25, 0.3) is 0 Å². The maximum Gasteiger partial charge on any atom is 0.324 e. The lowest BCUT2D eigenvalue weighted by Gasteiger charge is -1.90. The van der Waals surface area contributed by atoms with Crippen molar-refractivity contribution in [3.63, 3.8) is 0 Å². The number of ether oxygens (including phenoxy) is 1. The van der Waals surface area contributed by atoms with E-state index in [-0.39, 0.29) is 0 Å². The molecule has 0 saturated heterocycles. The van der Waals surface area contributed by atoms with Gasteiger partial charge in [-0.25, -0.2) is 4.58 Å². The van der Waals surface area contributed by atoms with Gasteiger partial charge < -0.3 is 4.74 Å². The Morgan fingerprint density at radius 3 is 2.71 bits per heavy atom. The van der Waals surface area contributed by atoms with Gasteiger partial charge in [-0.2, -0.15) is 0 Å². The Morgan fingerprint density at radius 2 is 2.57 bits per heavy atom. The van der Waals surface area contributed by atoms with Crippen LogP contribution in [-0.4, -0.2) is 30.7 Å². The fraction of sp³-hybridized carbons (Fsp3) is 0.800. The van der Waals surface area contributed by atoms with Crippen LogP contribution in [0.15, 0.2) is 0 Å². The molecule has 0 bridgehead atoms. The van der Waals surface area contributed by atoms with Gasteiger partial charge in [0.2, 0.25) is 0 Å². The molecule has 7 heavy (non-hydrogen) atoms. The molecule has 1 heterocycles. The molecule has 1 unspecified atom stereocenters. The average Bonchev–Trinajstić information content (AvgIpc) is 1.87. The summed E-state index contributed by atoms with van der Waals surface area (Å²) in [5.74, 6) is 0. The fourth-order valence-corrected chi connectivity index (χ4v) is 0.699. The summed E-state index contributed by atoms with van der Waals surface area (Å²) in [4.78, 5) is 0. The number of hydrogen-bond acceptors (Lipinski definition) is 1. The number of hydrogen-bond donors (Lipinski definition) is 0. The summed E-state index contributed by atoms with van der Waals surface area (Å²) in [6.07, 6.45) is 2.15. The smallest absolute Gasteiger partial charge is 0.324 e. The van der Waals surface area contributed by atoms with Gasteiger partial charge in [-0.1, -0.05) is 0 Å². The lowest BCUT2D eigenvalue weighted by atomic mass is 10.4. The Kier molecular flexibility index (Phi) is 1.01. The summed E-state index contributed by atoms with van der Waals surface area (Å²) in [6.45, 7) is 3.08. The molecule has 1 aliphatic rings. The molecule has 0 saturated carbocycles. The van der Waals surface area contributed by atoms with Gasteiger partial charge in [-0.15, -0.1) is 0 Å². The maximum atomic E-state index is 5.07. The quantitative estimate of drug-likeness (QED) is 0.392. The van der Waals surface area contributed by atoms with Gasteiger partial charge in [0.05, 0.1) is 0 Å². The van der Waals surface area contributed by atoms with Crippen molar-refractivity contribution >= 4 is 6.40 Å². The Labute approximate surface area is 43.4 Å². The molecular formula is C5H10NO+. The van der Waals surface area contributed by atoms with Gasteiger partial charge in [-0.05, 0) is 6.92 Å². The molecule has 0 spiro atoms. The molecule has 1 atom stereocenters. The molecule has 0 aliphatic carbocycles. The van der Waals surface area contributed by atoms with Crippen molar-refractivity contribution in [3.05, 3.63) is 0 Å². The minimum atomic E-state index is 0.394. The first-order valence-electron chi connectivity index (χ1n) is 2.48. The van der Waals surface area contributed by atoms with E-state index in [1.807, 2.05) is 11.6 Å². The maximum absolute atomic E-state index is 5.07. The van der Waals surface area contributed by atoms with Crippen LogP contribution >= 0.6 is 0 Å². The lowest BCUT2D eigenvalue weighted by molar-refractivity contribution is -0.485. The molecule has 2 heteroatoms. The molecule has 0 N–H and O–H groups in total. The zero-order chi connectivity index (χ0) is 5.28. The van der Waals surface area contributed by atoms with Gasteiger partial charge in [0.1, 0.15) is 7.05 Å². The fourth-order valence-electron chi connectivity index (χ4n) is 0.699. The van der Waals surface area contributed by atoms with Crippen LogP contribution in [0.1, 0.15) is 6.92 Å². The van der Waals surface area contributed by atoms with Crippen LogP contribution < -0.4 is 0 Å². The second-order valence-corrected chi connectivity index (χ2v) is 1.99. The van der Waals surface area contributed by atoms with Crippen LogP contribution in [0, 0.1) is 0 Å². The normalized spacial score (nSPS) is 29.4. The first-order valence-corrected chi connectivity index (χ1v) is 2.48. The average molecular weight is 100 g/mol. The molecule has 1 aliphatic heterocycles. The Balaban J connectivity index is 2.42. The molecule has 2 nitrogen and oxygen atoms in total. The topological polar surface area (TPSA) is 12.2 Å². The highest BCUT2D eigenvalue weighted by Gasteiger charge is 2.14. The Morgan fingerprint density at radius 1 is 1.86 bits per heavy atom. The highest BCUT2D eigenvalue weighted by molar-refractivity contribution is 5.40. The molecule has 0 amide bonds. The van der Waals surface area contributed by atoms with Crippen LogP contribution in [0.5, 0.6) is 0 Å². The standard InChI is InChI=1S/C5H10NO/c1-5-3-6(2)4-7-5/h4-5H,3H2,1-2H3/q+1. The summed E-state index contributed by atoms with van der Waals surface area (Å²) in [7, 11) is 2.00. The highest BCUT2D eigenvalue weighted by atomic mass is 16.5. The summed E-state index contributed by atoms with van der Waals surface area (Å²) in [5, 5.41) is 0. The van der Waals surface area contributed by atoms with Gasteiger partial charge >= 0.3 is 6.40 Å². The van der Waals surface area contributed by atoms with E-state index in [1.165, 1.54) is 0 Å². The van der Waals surface area contributed by atoms with Crippen LogP contribution in [0.2, 0.25) is 0 Å². The van der Waals surface area contributed by atoms with Crippen molar-refractivity contribution in [2.24, 2.45) is 0 Å². The number of nitrogens with zero attached hydrogens (tertiary/aromatic N) is 1. The second kappa shape index (κ2) is 1.52. The molecule has 0 aromatic rings. The minimum Gasteiger partial charge on any atom is -0.441 e. The molecule has 0 fully saturated rings. The predicted octanol–water partition coefficient (Wildman–Crippen LogP) is 0.0757. The van der Waals surface area contributed by atoms with Gasteiger partial charge in [0.15, 0.2) is 12.6 Å². The minimum absolute atomic E-state index is 0.394. The van der Waals surface area contributed by atoms with E-state index in [2.05, 4.69) is 6.92 Å². The molecular weight excluding hydrogens is 90.1 g/mol. The third kappa shape index (κ3) is 0.918. The number of likely N-dealkylation sites (N-methyl/N-ethyl adjacent to an activating group) is 1. The van der Waals surface area contributed by atoms with E-state index in [9.17, 15) is 0 Å². The molecule has 0 aromatic heterocycles. The highest BCUT2D eigenvalue weighted by Crippen LogP contribution is 1.93. The van der Waals surface area contributed by atoms with Crippen LogP contribution in [0.25, 0.3) is 0 Å². The van der Waals surface area contributed by atoms with E-state index >= 15 is 0 Å². The van der Waals surface area contributed by atoms with Crippen molar-refractivity contribution in [1.29, 1.82) is 0 Å². The summed E-state index contributed by atoms with van der Waals surface area (Å²) in [5.41, 5.74) is 0. The lowest BCUT2D eigenvalue weighted by Crippen LogP contribution is -2.09. The molecule has 0 radical (unpaired) electrons. The summed E-state index contributed by atoms with van der Waals surface area (Å²) >= 11 is 0. The van der Waals surface area contributed by atoms with Crippen molar-refractivity contribution in [1.82, 2.24) is 0 Å². The van der Waals surface area contributed by atoms with Gasteiger partial charge in [0, 0.05) is 0 Å². The van der Waals surface area contributed by atoms with Crippen LogP contribution in [0.3, 0.4) is 0 Å². The zero-order valence-electron chi connectivity index (χ0n) is 4.72. The van der Waals surface area contributed by atoms with Crippen molar-refractivity contribution in [2.75, 3.05) is 13.6 Å². The third-order valence-electron chi connectivity index (χ3n) is 1.02. The summed E-state index contributed by atoms with van der Waals surface area (Å²) in [6, 6.07) is 0. The monoisotopic (exact) mass is 100 g/mol. The van der Waals surface area contributed by atoms with Crippen LogP contribution in [-0.2, 0) is 4.74 Å². The van der Waals surface area contributed by atoms with E-state index in [4.69, 9.17) is 4.74 Å². The van der Waals surface area contributed by atoms with E-state index in [1.54, 1.807) is 6.40 Å². The Bertz CT molecular complexity index is 98.3. The zero-order valence-corrected chi connectivity index (χ0v) is 4.72. The van der Waals surface area contributed by atoms with E-state index in [0.29, 0.717) is 6.10 Å².